The van der Waals surface area contributed by atoms with Crippen LogP contribution >= 0.6 is 11.6 Å². The predicted molar refractivity (Wildman–Crippen MR) is 77.9 cm³/mol. The molecule has 0 bridgehead atoms. The summed E-state index contributed by atoms with van der Waals surface area (Å²) >= 11 is 6.09. The second-order valence-corrected chi connectivity index (χ2v) is 5.08. The van der Waals surface area contributed by atoms with Gasteiger partial charge in [-0.1, -0.05) is 48.0 Å². The number of halogens is 2. The van der Waals surface area contributed by atoms with E-state index in [1.165, 1.54) is 6.07 Å². The Morgan fingerprint density at radius 2 is 1.68 bits per heavy atom. The van der Waals surface area contributed by atoms with Gasteiger partial charge in [-0.25, -0.2) is 4.39 Å². The van der Waals surface area contributed by atoms with Gasteiger partial charge in [0.2, 0.25) is 0 Å². The molecule has 1 nitrogen and oxygen atoms in total. The highest BCUT2D eigenvalue weighted by atomic mass is 35.5. The van der Waals surface area contributed by atoms with Gasteiger partial charge in [0.1, 0.15) is 5.82 Å². The molecule has 1 atom stereocenters. The Balaban J connectivity index is 1.90. The molecule has 0 aliphatic heterocycles. The average Bonchev–Trinajstić information content (AvgIpc) is 2.40. The van der Waals surface area contributed by atoms with Crippen molar-refractivity contribution < 1.29 is 4.39 Å². The van der Waals surface area contributed by atoms with Crippen LogP contribution < -0.4 is 5.32 Å². The van der Waals surface area contributed by atoms with Crippen LogP contribution in [0.1, 0.15) is 18.1 Å². The second kappa shape index (κ2) is 6.69. The zero-order valence-electron chi connectivity index (χ0n) is 10.9. The van der Waals surface area contributed by atoms with Crippen molar-refractivity contribution in [3.05, 3.63) is 70.5 Å². The monoisotopic (exact) mass is 277 g/mol. The Bertz CT molecular complexity index is 542. The Kier molecular flexibility index (Phi) is 4.94. The van der Waals surface area contributed by atoms with Gasteiger partial charge in [-0.3, -0.25) is 0 Å². The summed E-state index contributed by atoms with van der Waals surface area (Å²) in [5.74, 6) is -0.145. The van der Waals surface area contributed by atoms with E-state index < -0.39 is 0 Å². The quantitative estimate of drug-likeness (QED) is 0.864. The lowest BCUT2D eigenvalue weighted by atomic mass is 10.1. The van der Waals surface area contributed by atoms with E-state index in [0.29, 0.717) is 13.0 Å². The van der Waals surface area contributed by atoms with Crippen LogP contribution in [0.2, 0.25) is 5.02 Å². The van der Waals surface area contributed by atoms with Crippen LogP contribution in [-0.2, 0) is 13.0 Å². The van der Waals surface area contributed by atoms with E-state index in [9.17, 15) is 4.39 Å². The molecule has 3 heteroatoms. The minimum atomic E-state index is -0.145. The van der Waals surface area contributed by atoms with Gasteiger partial charge < -0.3 is 5.32 Å². The Morgan fingerprint density at radius 1 is 1.05 bits per heavy atom. The first-order chi connectivity index (χ1) is 9.16. The summed E-state index contributed by atoms with van der Waals surface area (Å²) in [5.41, 5.74) is 1.80. The highest BCUT2D eigenvalue weighted by Gasteiger charge is 2.07. The van der Waals surface area contributed by atoms with Gasteiger partial charge in [0.15, 0.2) is 0 Å². The lowest BCUT2D eigenvalue weighted by Crippen LogP contribution is -2.28. The summed E-state index contributed by atoms with van der Waals surface area (Å²) in [7, 11) is 0. The third-order valence-electron chi connectivity index (χ3n) is 3.08. The molecule has 0 amide bonds. The first kappa shape index (κ1) is 14.0. The second-order valence-electron chi connectivity index (χ2n) is 4.67. The molecular weight excluding hydrogens is 261 g/mol. The lowest BCUT2D eigenvalue weighted by molar-refractivity contribution is 0.526. The van der Waals surface area contributed by atoms with E-state index in [2.05, 4.69) is 5.32 Å². The smallest absolute Gasteiger partial charge is 0.126 e. The van der Waals surface area contributed by atoms with Gasteiger partial charge in [-0.05, 0) is 36.6 Å². The highest BCUT2D eigenvalue weighted by Crippen LogP contribution is 2.15. The molecule has 1 N–H and O–H groups in total. The maximum atomic E-state index is 13.5. The van der Waals surface area contributed by atoms with Crippen LogP contribution in [0.15, 0.2) is 48.5 Å². The number of rotatable bonds is 5. The largest absolute Gasteiger partial charge is 0.310 e. The summed E-state index contributed by atoms with van der Waals surface area (Å²) in [6.45, 7) is 2.73. The van der Waals surface area contributed by atoms with Crippen molar-refractivity contribution in [3.8, 4) is 0 Å². The zero-order chi connectivity index (χ0) is 13.7. The van der Waals surface area contributed by atoms with Crippen LogP contribution in [0.25, 0.3) is 0 Å². The van der Waals surface area contributed by atoms with E-state index in [1.807, 2.05) is 43.3 Å². The number of nitrogens with one attached hydrogen (secondary N) is 1. The molecule has 0 saturated heterocycles. The molecule has 0 aromatic heterocycles. The molecule has 2 aromatic rings. The fraction of sp³-hybridized carbons (Fsp3) is 0.250. The number of benzene rings is 2. The summed E-state index contributed by atoms with van der Waals surface area (Å²) in [6.07, 6.45) is 0.664. The van der Waals surface area contributed by atoms with Crippen LogP contribution in [0.4, 0.5) is 4.39 Å². The summed E-state index contributed by atoms with van der Waals surface area (Å²) < 4.78 is 13.5. The SMILES string of the molecule is CC(Cc1ccccc1F)NCc1ccccc1Cl. The maximum Gasteiger partial charge on any atom is 0.126 e. The molecule has 0 aliphatic rings. The van der Waals surface area contributed by atoms with Gasteiger partial charge in [-0.2, -0.15) is 0 Å². The van der Waals surface area contributed by atoms with Gasteiger partial charge in [0.25, 0.3) is 0 Å². The van der Waals surface area contributed by atoms with Gasteiger partial charge in [-0.15, -0.1) is 0 Å². The van der Waals surface area contributed by atoms with Crippen molar-refractivity contribution in [3.63, 3.8) is 0 Å². The van der Waals surface area contributed by atoms with Gasteiger partial charge in [0.05, 0.1) is 0 Å². The molecule has 1 unspecified atom stereocenters. The fourth-order valence-electron chi connectivity index (χ4n) is 1.99. The first-order valence-electron chi connectivity index (χ1n) is 6.37. The van der Waals surface area contributed by atoms with Crippen molar-refractivity contribution in [2.45, 2.75) is 25.9 Å². The van der Waals surface area contributed by atoms with Crippen molar-refractivity contribution >= 4 is 11.6 Å². The standard InChI is InChI=1S/C16H17ClFN/c1-12(10-13-6-3-5-9-16(13)18)19-11-14-7-2-4-8-15(14)17/h2-9,12,19H,10-11H2,1H3. The third-order valence-corrected chi connectivity index (χ3v) is 3.45. The fourth-order valence-corrected chi connectivity index (χ4v) is 2.19. The van der Waals surface area contributed by atoms with Gasteiger partial charge >= 0.3 is 0 Å². The zero-order valence-corrected chi connectivity index (χ0v) is 11.6. The topological polar surface area (TPSA) is 12.0 Å². The van der Waals surface area contributed by atoms with E-state index >= 15 is 0 Å². The molecule has 100 valence electrons. The average molecular weight is 278 g/mol. The number of hydrogen-bond acceptors (Lipinski definition) is 1. The van der Waals surface area contributed by atoms with E-state index in [0.717, 1.165) is 16.1 Å². The Labute approximate surface area is 118 Å². The van der Waals surface area contributed by atoms with Gasteiger partial charge in [0, 0.05) is 17.6 Å². The molecule has 0 aliphatic carbocycles. The van der Waals surface area contributed by atoms with Crippen molar-refractivity contribution in [1.29, 1.82) is 0 Å². The molecule has 0 fully saturated rings. The molecule has 0 radical (unpaired) electrons. The van der Waals surface area contributed by atoms with Crippen LogP contribution in [0.3, 0.4) is 0 Å². The van der Waals surface area contributed by atoms with E-state index in [-0.39, 0.29) is 11.9 Å². The lowest BCUT2D eigenvalue weighted by Gasteiger charge is -2.15. The van der Waals surface area contributed by atoms with E-state index in [4.69, 9.17) is 11.6 Å². The number of hydrogen-bond donors (Lipinski definition) is 1. The maximum absolute atomic E-state index is 13.5. The molecule has 0 heterocycles. The first-order valence-corrected chi connectivity index (χ1v) is 6.75. The molecule has 2 aromatic carbocycles. The van der Waals surface area contributed by atoms with Crippen LogP contribution in [0.5, 0.6) is 0 Å². The third kappa shape index (κ3) is 4.05. The molecule has 0 saturated carbocycles. The van der Waals surface area contributed by atoms with Crippen LogP contribution in [-0.4, -0.2) is 6.04 Å². The highest BCUT2D eigenvalue weighted by molar-refractivity contribution is 6.31. The van der Waals surface area contributed by atoms with Crippen molar-refractivity contribution in [1.82, 2.24) is 5.32 Å². The van der Waals surface area contributed by atoms with Crippen LogP contribution in [0, 0.1) is 5.82 Å². The van der Waals surface area contributed by atoms with Crippen molar-refractivity contribution in [2.24, 2.45) is 0 Å². The normalized spacial score (nSPS) is 12.4. The Morgan fingerprint density at radius 3 is 2.37 bits per heavy atom. The molecular formula is C16H17ClFN. The van der Waals surface area contributed by atoms with E-state index in [1.54, 1.807) is 6.07 Å². The molecule has 19 heavy (non-hydrogen) atoms. The molecule has 2 rings (SSSR count). The molecule has 0 spiro atoms. The minimum absolute atomic E-state index is 0.145. The summed E-state index contributed by atoms with van der Waals surface area (Å²) in [4.78, 5) is 0. The minimum Gasteiger partial charge on any atom is -0.310 e. The Hall–Kier alpha value is -1.38. The summed E-state index contributed by atoms with van der Waals surface area (Å²) in [5, 5.41) is 4.12. The predicted octanol–water partition coefficient (Wildman–Crippen LogP) is 4.20. The summed E-state index contributed by atoms with van der Waals surface area (Å²) in [6, 6.07) is 14.8. The van der Waals surface area contributed by atoms with Crippen molar-refractivity contribution in [2.75, 3.05) is 0 Å².